The van der Waals surface area contributed by atoms with Crippen molar-refractivity contribution in [1.82, 2.24) is 5.32 Å². The molecule has 0 rings (SSSR count). The van der Waals surface area contributed by atoms with Crippen LogP contribution in [0.25, 0.3) is 0 Å². The van der Waals surface area contributed by atoms with Crippen molar-refractivity contribution < 1.29 is 9.90 Å². The summed E-state index contributed by atoms with van der Waals surface area (Å²) in [5.41, 5.74) is 0. The van der Waals surface area contributed by atoms with Gasteiger partial charge in [-0.2, -0.15) is 0 Å². The van der Waals surface area contributed by atoms with E-state index < -0.39 is 12.0 Å². The number of carboxylic acid groups (broad SMARTS) is 1. The van der Waals surface area contributed by atoms with Crippen molar-refractivity contribution in [3.05, 3.63) is 0 Å². The van der Waals surface area contributed by atoms with E-state index in [-0.39, 0.29) is 0 Å². The van der Waals surface area contributed by atoms with Gasteiger partial charge in [0.05, 0.1) is 0 Å². The van der Waals surface area contributed by atoms with E-state index in [1.165, 1.54) is 21.2 Å². The number of hydrogen-bond donors (Lipinski definition) is 2. The Labute approximate surface area is 70.1 Å². The van der Waals surface area contributed by atoms with Crippen LogP contribution in [0.15, 0.2) is 0 Å². The van der Waals surface area contributed by atoms with Gasteiger partial charge in [-0.3, -0.25) is 4.79 Å². The fourth-order valence-electron chi connectivity index (χ4n) is 0.385. The van der Waals surface area contributed by atoms with Gasteiger partial charge in [0.1, 0.15) is 6.04 Å². The minimum Gasteiger partial charge on any atom is -0.480 e. The lowest BCUT2D eigenvalue weighted by atomic mass is 10.3. The molecule has 0 bridgehead atoms. The number of nitrogens with one attached hydrogen (secondary N) is 1. The lowest BCUT2D eigenvalue weighted by Gasteiger charge is -2.07. The zero-order valence-corrected chi connectivity index (χ0v) is 8.32. The van der Waals surface area contributed by atoms with E-state index in [9.17, 15) is 4.79 Å². The maximum absolute atomic E-state index is 10.3. The lowest BCUT2D eigenvalue weighted by Crippen LogP contribution is -2.35. The minimum atomic E-state index is -0.797. The second kappa shape index (κ2) is 6.28. The number of carboxylic acids is 1. The number of likely N-dealkylation sites (N-methyl/N-ethyl adjacent to an activating group) is 1. The van der Waals surface area contributed by atoms with E-state index >= 15 is 0 Å². The molecule has 2 unspecified atom stereocenters. The standard InChI is InChI=1S/C4H10NO2PS2/c1-5-3(4(6)7)2-9-10-8/h3,5H,2,8H2,1H3,(H,6,7). The molecule has 0 aliphatic rings. The molecule has 3 nitrogen and oxygen atoms in total. The van der Waals surface area contributed by atoms with Crippen molar-refractivity contribution in [1.29, 1.82) is 0 Å². The van der Waals surface area contributed by atoms with Crippen molar-refractivity contribution >= 4 is 35.6 Å². The summed E-state index contributed by atoms with van der Waals surface area (Å²) in [4.78, 5) is 10.3. The zero-order valence-electron chi connectivity index (χ0n) is 5.53. The first kappa shape index (κ1) is 10.6. The van der Waals surface area contributed by atoms with Crippen LogP contribution in [0.4, 0.5) is 0 Å². The molecule has 0 fully saturated rings. The van der Waals surface area contributed by atoms with E-state index in [2.05, 4.69) is 13.8 Å². The Balaban J connectivity index is 3.50. The highest BCUT2D eigenvalue weighted by Crippen LogP contribution is 2.28. The Hall–Kier alpha value is 0.560. The Morgan fingerprint density at radius 3 is 2.80 bits per heavy atom. The van der Waals surface area contributed by atoms with Crippen LogP contribution in [0, 0.1) is 0 Å². The quantitative estimate of drug-likeness (QED) is 0.507. The van der Waals surface area contributed by atoms with Crippen LogP contribution in [0.3, 0.4) is 0 Å². The summed E-state index contributed by atoms with van der Waals surface area (Å²) in [5.74, 6) is -0.214. The molecule has 0 heterocycles. The summed E-state index contributed by atoms with van der Waals surface area (Å²) in [6.45, 7) is 0. The lowest BCUT2D eigenvalue weighted by molar-refractivity contribution is -0.138. The third-order valence-electron chi connectivity index (χ3n) is 0.949. The van der Waals surface area contributed by atoms with E-state index in [0.717, 1.165) is 0 Å². The molecular formula is C4H10NO2PS2. The minimum absolute atomic E-state index is 0.432. The first-order valence-corrected chi connectivity index (χ1v) is 6.40. The summed E-state index contributed by atoms with van der Waals surface area (Å²) in [6.07, 6.45) is 0. The van der Waals surface area contributed by atoms with Crippen molar-refractivity contribution in [3.8, 4) is 0 Å². The Morgan fingerprint density at radius 2 is 2.50 bits per heavy atom. The van der Waals surface area contributed by atoms with Gasteiger partial charge in [0.25, 0.3) is 0 Å². The van der Waals surface area contributed by atoms with Gasteiger partial charge in [-0.15, -0.1) is 0 Å². The Morgan fingerprint density at radius 1 is 1.90 bits per heavy atom. The molecule has 0 aliphatic carbocycles. The fourth-order valence-corrected chi connectivity index (χ4v) is 2.26. The van der Waals surface area contributed by atoms with Gasteiger partial charge in [0, 0.05) is 5.75 Å². The SMILES string of the molecule is CNC(CSSP)C(=O)O. The Bertz CT molecular complexity index is 113. The molecule has 2 atom stereocenters. The number of aliphatic carboxylic acids is 1. The summed E-state index contributed by atoms with van der Waals surface area (Å²) >= 11 is 0. The van der Waals surface area contributed by atoms with Crippen molar-refractivity contribution in [2.45, 2.75) is 6.04 Å². The van der Waals surface area contributed by atoms with Gasteiger partial charge in [-0.05, 0) is 7.05 Å². The topological polar surface area (TPSA) is 49.3 Å². The maximum Gasteiger partial charge on any atom is 0.321 e. The number of carbonyl (C=O) groups is 1. The molecular weight excluding hydrogens is 189 g/mol. The van der Waals surface area contributed by atoms with Gasteiger partial charge < -0.3 is 10.4 Å². The van der Waals surface area contributed by atoms with Gasteiger partial charge >= 0.3 is 5.97 Å². The summed E-state index contributed by atoms with van der Waals surface area (Å²) in [5, 5.41) is 11.2. The molecule has 0 saturated carbocycles. The molecule has 0 aromatic carbocycles. The van der Waals surface area contributed by atoms with Crippen LogP contribution >= 0.6 is 29.6 Å². The first-order chi connectivity index (χ1) is 4.72. The smallest absolute Gasteiger partial charge is 0.321 e. The molecule has 0 aromatic heterocycles. The average Bonchev–Trinajstić information content (AvgIpc) is 1.89. The molecule has 0 aliphatic heterocycles. The van der Waals surface area contributed by atoms with Crippen LogP contribution in [0.1, 0.15) is 0 Å². The van der Waals surface area contributed by atoms with Gasteiger partial charge in [-0.1, -0.05) is 29.6 Å². The third kappa shape index (κ3) is 4.39. The van der Waals surface area contributed by atoms with Crippen molar-refractivity contribution in [2.24, 2.45) is 0 Å². The monoisotopic (exact) mass is 199 g/mol. The van der Waals surface area contributed by atoms with Crippen molar-refractivity contribution in [3.63, 3.8) is 0 Å². The van der Waals surface area contributed by atoms with Gasteiger partial charge in [-0.25, -0.2) is 0 Å². The molecule has 2 N–H and O–H groups in total. The number of rotatable bonds is 5. The van der Waals surface area contributed by atoms with E-state index in [1.54, 1.807) is 7.05 Å². The van der Waals surface area contributed by atoms with Crippen LogP contribution in [-0.2, 0) is 4.79 Å². The van der Waals surface area contributed by atoms with E-state index in [0.29, 0.717) is 5.75 Å². The van der Waals surface area contributed by atoms with Crippen LogP contribution < -0.4 is 5.32 Å². The van der Waals surface area contributed by atoms with E-state index in [4.69, 9.17) is 5.11 Å². The van der Waals surface area contributed by atoms with Gasteiger partial charge in [0.2, 0.25) is 0 Å². The molecule has 0 saturated heterocycles. The molecule has 10 heavy (non-hydrogen) atoms. The van der Waals surface area contributed by atoms with E-state index in [1.807, 2.05) is 0 Å². The maximum atomic E-state index is 10.3. The molecule has 0 radical (unpaired) electrons. The summed E-state index contributed by atoms with van der Waals surface area (Å²) < 4.78 is 0. The predicted octanol–water partition coefficient (Wildman–Crippen LogP) is 0.830. The Kier molecular flexibility index (Phi) is 6.63. The third-order valence-corrected chi connectivity index (χ3v) is 3.60. The number of hydrogen-bond acceptors (Lipinski definition) is 4. The van der Waals surface area contributed by atoms with Crippen LogP contribution in [0.2, 0.25) is 0 Å². The second-order valence-electron chi connectivity index (χ2n) is 1.56. The highest BCUT2D eigenvalue weighted by Gasteiger charge is 2.13. The molecule has 0 amide bonds. The van der Waals surface area contributed by atoms with Gasteiger partial charge in [0.15, 0.2) is 0 Å². The van der Waals surface area contributed by atoms with Crippen LogP contribution in [-0.4, -0.2) is 29.9 Å². The normalized spacial score (nSPS) is 13.0. The first-order valence-electron chi connectivity index (χ1n) is 2.60. The second-order valence-corrected chi connectivity index (χ2v) is 5.34. The average molecular weight is 199 g/mol. The molecule has 0 spiro atoms. The summed E-state index contributed by atoms with van der Waals surface area (Å²) in [6, 6.07) is -0.432. The molecule has 60 valence electrons. The van der Waals surface area contributed by atoms with Crippen molar-refractivity contribution in [2.75, 3.05) is 12.8 Å². The van der Waals surface area contributed by atoms with Crippen LogP contribution in [0.5, 0.6) is 0 Å². The zero-order chi connectivity index (χ0) is 7.98. The summed E-state index contributed by atoms with van der Waals surface area (Å²) in [7, 11) is 7.10. The highest BCUT2D eigenvalue weighted by molar-refractivity contribution is 8.94. The molecule has 0 aromatic rings. The molecule has 6 heteroatoms. The predicted molar refractivity (Wildman–Crippen MR) is 50.2 cm³/mol. The highest BCUT2D eigenvalue weighted by atomic mass is 33.3. The fraction of sp³-hybridized carbons (Fsp3) is 0.750. The largest absolute Gasteiger partial charge is 0.480 e.